The first-order chi connectivity index (χ1) is 50.1. The third-order valence-corrected chi connectivity index (χ3v) is 14.5. The lowest BCUT2D eigenvalue weighted by Gasteiger charge is -2.33. The number of nitrogens with one attached hydrogen (secondary N) is 8. The van der Waals surface area contributed by atoms with E-state index in [1.54, 1.807) is 0 Å². The first kappa shape index (κ1) is 100. The Labute approximate surface area is 627 Å². The molecule has 0 aromatic heterocycles. The van der Waals surface area contributed by atoms with Gasteiger partial charge in [0.1, 0.15) is 0 Å². The van der Waals surface area contributed by atoms with E-state index in [0.717, 1.165) is 0 Å². The average molecular weight is 1510 g/mol. The minimum Gasteiger partial charge on any atom is -0.379 e. The zero-order chi connectivity index (χ0) is 78.0. The van der Waals surface area contributed by atoms with Crippen LogP contribution in [-0.4, -0.2) is 311 Å². The van der Waals surface area contributed by atoms with Gasteiger partial charge in [-0.25, -0.2) is 0 Å². The molecule has 0 heterocycles. The zero-order valence-electron chi connectivity index (χ0n) is 66.2. The van der Waals surface area contributed by atoms with E-state index in [-0.39, 0.29) is 179 Å². The third-order valence-electron chi connectivity index (χ3n) is 14.5. The van der Waals surface area contributed by atoms with Crippen molar-refractivity contribution in [3.8, 4) is 0 Å². The van der Waals surface area contributed by atoms with E-state index >= 15 is 0 Å². The molecule has 0 radical (unpaired) electrons. The summed E-state index contributed by atoms with van der Waals surface area (Å²) in [5, 5.41) is 22.8. The van der Waals surface area contributed by atoms with Crippen molar-refractivity contribution in [2.75, 3.05) is 264 Å². The maximum Gasteiger partial charge on any atom is 0.225 e. The SMILES string of the molecule is CC(C)(C)C(=O)NCCOCCOCCC(=O)NCCCOCCOCC(COCCOCCCNC(=O)CCOCCOCCNC(=O)C(C)(C)C)(COCCOCCCNC(=O)CCOCCOCCNC(=O)C(C)(C)C)COCCOCCCNC(=O)CCOCCOCCNC(=O)C(C)(C)C. The highest BCUT2D eigenvalue weighted by Crippen LogP contribution is 2.22. The van der Waals surface area contributed by atoms with Crippen LogP contribution >= 0.6 is 0 Å². The van der Waals surface area contributed by atoms with Crippen LogP contribution in [0.15, 0.2) is 0 Å². The maximum atomic E-state index is 12.4. The van der Waals surface area contributed by atoms with Crippen LogP contribution in [0.1, 0.15) is 134 Å². The summed E-state index contributed by atoms with van der Waals surface area (Å²) in [7, 11) is 0. The Hall–Kier alpha value is -4.88. The Morgan fingerprint density at radius 2 is 0.352 bits per heavy atom. The Bertz CT molecular complexity index is 1910. The fourth-order valence-electron chi connectivity index (χ4n) is 8.20. The number of carbonyl (C=O) groups is 8. The Morgan fingerprint density at radius 3 is 0.533 bits per heavy atom. The lowest BCUT2D eigenvalue weighted by Crippen LogP contribution is -2.43. The van der Waals surface area contributed by atoms with Gasteiger partial charge in [0.15, 0.2) is 0 Å². The molecule has 105 heavy (non-hydrogen) atoms. The molecule has 0 aromatic carbocycles. The lowest BCUT2D eigenvalue weighted by molar-refractivity contribution is -0.129. The fourth-order valence-corrected chi connectivity index (χ4v) is 8.20. The topological polar surface area (TPSA) is 380 Å². The molecule has 0 unspecified atom stereocenters. The summed E-state index contributed by atoms with van der Waals surface area (Å²) in [6.45, 7) is 35.0. The average Bonchev–Trinajstić information content (AvgIpc) is 0.868. The highest BCUT2D eigenvalue weighted by atomic mass is 16.6. The predicted octanol–water partition coefficient (Wildman–Crippen LogP) is 2.47. The van der Waals surface area contributed by atoms with Gasteiger partial charge in [0.25, 0.3) is 0 Å². The van der Waals surface area contributed by atoms with Crippen LogP contribution in [0.4, 0.5) is 0 Å². The number of rotatable bonds is 72. The summed E-state index contributed by atoms with van der Waals surface area (Å²) in [4.78, 5) is 97.5. The first-order valence-corrected chi connectivity index (χ1v) is 37.5. The van der Waals surface area contributed by atoms with Gasteiger partial charge < -0.3 is 118 Å². The summed E-state index contributed by atoms with van der Waals surface area (Å²) in [6.07, 6.45) is 3.14. The molecule has 32 heteroatoms. The summed E-state index contributed by atoms with van der Waals surface area (Å²) in [5.41, 5.74) is -2.67. The second-order valence-corrected chi connectivity index (χ2v) is 28.9. The van der Waals surface area contributed by atoms with Crippen molar-refractivity contribution >= 4 is 47.3 Å². The molecule has 8 N–H and O–H groups in total. The molecule has 0 aliphatic heterocycles. The molecule has 0 aliphatic carbocycles. The van der Waals surface area contributed by atoms with Crippen molar-refractivity contribution in [1.29, 1.82) is 0 Å². The van der Waals surface area contributed by atoms with Gasteiger partial charge in [-0.3, -0.25) is 38.4 Å². The van der Waals surface area contributed by atoms with Gasteiger partial charge in [-0.1, -0.05) is 83.1 Å². The number of hydrogen-bond donors (Lipinski definition) is 8. The quantitative estimate of drug-likeness (QED) is 0.0405. The molecule has 8 amide bonds. The van der Waals surface area contributed by atoms with Crippen molar-refractivity contribution in [1.82, 2.24) is 42.5 Å². The first-order valence-electron chi connectivity index (χ1n) is 37.5. The molecule has 0 spiro atoms. The molecule has 616 valence electrons. The van der Waals surface area contributed by atoms with Crippen molar-refractivity contribution < 1.29 is 114 Å². The van der Waals surface area contributed by atoms with Crippen molar-refractivity contribution in [2.24, 2.45) is 27.1 Å². The number of amides is 8. The minimum absolute atomic E-state index is 0.0435. The van der Waals surface area contributed by atoms with Crippen LogP contribution in [0.5, 0.6) is 0 Å². The predicted molar refractivity (Wildman–Crippen MR) is 394 cm³/mol. The van der Waals surface area contributed by atoms with Gasteiger partial charge in [-0.2, -0.15) is 0 Å². The summed E-state index contributed by atoms with van der Waals surface area (Å²) >= 11 is 0. The van der Waals surface area contributed by atoms with Gasteiger partial charge in [0.2, 0.25) is 47.3 Å². The second kappa shape index (κ2) is 65.0. The zero-order valence-corrected chi connectivity index (χ0v) is 66.2. The van der Waals surface area contributed by atoms with E-state index in [1.165, 1.54) is 0 Å². The summed E-state index contributed by atoms with van der Waals surface area (Å²) < 4.78 is 92.5. The largest absolute Gasteiger partial charge is 0.379 e. The number of carbonyl (C=O) groups excluding carboxylic acids is 8. The van der Waals surface area contributed by atoms with Gasteiger partial charge in [0, 0.05) is 126 Å². The summed E-state index contributed by atoms with van der Waals surface area (Å²) in [5.74, 6) is -0.729. The molecule has 0 saturated heterocycles. The standard InChI is InChI=1S/C73H140N8O24/c1-69(2,3)65(86)78-25-37-98-45-41-94-33-17-61(82)74-21-13-29-90-49-53-102-57-73(58-103-54-50-91-30-14-22-75-62(83)18-34-95-42-46-99-38-26-79-66(87)70(4,5)6,59-104-55-51-92-31-15-23-76-63(84)19-35-96-43-47-100-39-27-80-67(88)71(7,8)9)60-105-56-52-93-32-16-24-77-64(85)20-36-97-44-48-101-40-28-81-68(89)72(10,11)12/h13-60H2,1-12H3,(H,74,82)(H,75,83)(H,76,84)(H,77,85)(H,78,86)(H,79,87)(H,80,88)(H,81,89). The van der Waals surface area contributed by atoms with E-state index < -0.39 is 27.1 Å². The molecule has 32 nitrogen and oxygen atoms in total. The van der Waals surface area contributed by atoms with Crippen LogP contribution in [0.2, 0.25) is 0 Å². The molecule has 0 aromatic rings. The van der Waals surface area contributed by atoms with Crippen molar-refractivity contribution in [3.63, 3.8) is 0 Å². The van der Waals surface area contributed by atoms with Crippen LogP contribution in [-0.2, 0) is 114 Å². The van der Waals surface area contributed by atoms with E-state index in [0.29, 0.717) is 184 Å². The highest BCUT2D eigenvalue weighted by Gasteiger charge is 2.33. The molecule has 0 aliphatic rings. The molecule has 0 atom stereocenters. The van der Waals surface area contributed by atoms with Crippen molar-refractivity contribution in [3.05, 3.63) is 0 Å². The highest BCUT2D eigenvalue weighted by molar-refractivity contribution is 5.83. The Kier molecular flexibility index (Phi) is 62.0. The normalized spacial score (nSPS) is 12.1. The van der Waals surface area contributed by atoms with Crippen molar-refractivity contribution in [2.45, 2.75) is 134 Å². The van der Waals surface area contributed by atoms with Gasteiger partial charge in [-0.15, -0.1) is 0 Å². The second-order valence-electron chi connectivity index (χ2n) is 28.9. The molecule has 0 rings (SSSR count). The fraction of sp³-hybridized carbons (Fsp3) is 0.890. The van der Waals surface area contributed by atoms with Gasteiger partial charge in [0.05, 0.1) is 190 Å². The number of ether oxygens (including phenoxy) is 16. The molecular formula is C73H140N8O24. The van der Waals surface area contributed by atoms with Crippen LogP contribution < -0.4 is 42.5 Å². The van der Waals surface area contributed by atoms with E-state index in [4.69, 9.17) is 75.8 Å². The van der Waals surface area contributed by atoms with Crippen LogP contribution in [0, 0.1) is 27.1 Å². The third kappa shape index (κ3) is 65.9. The summed E-state index contributed by atoms with van der Waals surface area (Å²) in [6, 6.07) is 0. The molecule has 0 fully saturated rings. The Morgan fingerprint density at radius 1 is 0.190 bits per heavy atom. The van der Waals surface area contributed by atoms with E-state index in [9.17, 15) is 38.4 Å². The maximum absolute atomic E-state index is 12.4. The van der Waals surface area contributed by atoms with Gasteiger partial charge >= 0.3 is 0 Å². The smallest absolute Gasteiger partial charge is 0.225 e. The number of hydrogen-bond acceptors (Lipinski definition) is 24. The molecular weight excluding hydrogens is 1370 g/mol. The monoisotopic (exact) mass is 1510 g/mol. The Balaban J connectivity index is 5.36. The molecule has 0 bridgehead atoms. The van der Waals surface area contributed by atoms with Crippen LogP contribution in [0.25, 0.3) is 0 Å². The lowest BCUT2D eigenvalue weighted by atomic mass is 9.92. The van der Waals surface area contributed by atoms with Gasteiger partial charge in [-0.05, 0) is 25.7 Å². The van der Waals surface area contributed by atoms with Crippen LogP contribution in [0.3, 0.4) is 0 Å². The van der Waals surface area contributed by atoms with E-state index in [2.05, 4.69) is 42.5 Å². The minimum atomic E-state index is -0.809. The molecule has 0 saturated carbocycles. The van der Waals surface area contributed by atoms with E-state index in [1.807, 2.05) is 83.1 Å².